The number of alkyl halides is 1. The highest BCUT2D eigenvalue weighted by Crippen LogP contribution is 2.13. The van der Waals surface area contributed by atoms with Crippen LogP contribution in [-0.4, -0.2) is 27.5 Å². The normalized spacial score (nSPS) is 11.9. The van der Waals surface area contributed by atoms with Gasteiger partial charge in [0.2, 0.25) is 5.91 Å². The number of nitrogens with one attached hydrogen (secondary N) is 1. The first-order valence-electron chi connectivity index (χ1n) is 7.46. The van der Waals surface area contributed by atoms with Gasteiger partial charge in [-0.05, 0) is 41.4 Å². The van der Waals surface area contributed by atoms with Crippen molar-refractivity contribution in [2.45, 2.75) is 44.6 Å². The molecule has 0 aliphatic heterocycles. The van der Waals surface area contributed by atoms with E-state index in [1.807, 2.05) is 6.07 Å². The maximum Gasteiger partial charge on any atom is 0.320 e. The van der Waals surface area contributed by atoms with E-state index < -0.39 is 12.0 Å². The van der Waals surface area contributed by atoms with Gasteiger partial charge in [0.15, 0.2) is 0 Å². The Morgan fingerprint density at radius 3 is 2.64 bits per heavy atom. The molecule has 0 aromatic heterocycles. The summed E-state index contributed by atoms with van der Waals surface area (Å²) in [4.78, 5) is 22.6. The molecule has 0 bridgehead atoms. The molecule has 1 aromatic rings. The molecule has 6 heteroatoms. The van der Waals surface area contributed by atoms with Crippen LogP contribution in [0.1, 0.15) is 37.7 Å². The first-order chi connectivity index (χ1) is 10.5. The Bertz CT molecular complexity index is 494. The average molecular weight is 418 g/mol. The second-order valence-electron chi connectivity index (χ2n) is 5.25. The van der Waals surface area contributed by atoms with E-state index in [1.54, 1.807) is 18.2 Å². The van der Waals surface area contributed by atoms with Crippen LogP contribution < -0.4 is 11.1 Å². The van der Waals surface area contributed by atoms with E-state index >= 15 is 0 Å². The van der Waals surface area contributed by atoms with E-state index in [4.69, 9.17) is 10.8 Å². The van der Waals surface area contributed by atoms with Crippen molar-refractivity contribution in [3.05, 3.63) is 29.8 Å². The van der Waals surface area contributed by atoms with E-state index in [0.717, 1.165) is 22.8 Å². The zero-order valence-corrected chi connectivity index (χ0v) is 14.7. The first-order valence-corrected chi connectivity index (χ1v) is 8.98. The van der Waals surface area contributed by atoms with Gasteiger partial charge in [0, 0.05) is 12.1 Å². The maximum atomic E-state index is 11.9. The van der Waals surface area contributed by atoms with E-state index in [1.165, 1.54) is 12.8 Å². The summed E-state index contributed by atoms with van der Waals surface area (Å²) in [6.45, 7) is 0. The van der Waals surface area contributed by atoms with Gasteiger partial charge in [-0.15, -0.1) is 0 Å². The molecule has 1 aromatic carbocycles. The van der Waals surface area contributed by atoms with Crippen LogP contribution in [0.15, 0.2) is 24.3 Å². The lowest BCUT2D eigenvalue weighted by atomic mass is 10.1. The van der Waals surface area contributed by atoms with Gasteiger partial charge in [0.05, 0.1) is 0 Å². The molecule has 0 saturated carbocycles. The summed E-state index contributed by atoms with van der Waals surface area (Å²) in [7, 11) is 0. The van der Waals surface area contributed by atoms with Crippen molar-refractivity contribution < 1.29 is 14.7 Å². The number of unbranched alkanes of at least 4 members (excludes halogenated alkanes) is 3. The number of carboxylic acids is 1. The third-order valence-corrected chi connectivity index (χ3v) is 4.03. The number of nitrogens with two attached hydrogens (primary N) is 1. The van der Waals surface area contributed by atoms with E-state index in [0.29, 0.717) is 12.1 Å². The Morgan fingerprint density at radius 1 is 1.23 bits per heavy atom. The van der Waals surface area contributed by atoms with Gasteiger partial charge in [0.1, 0.15) is 6.04 Å². The van der Waals surface area contributed by atoms with Crippen molar-refractivity contribution in [2.75, 3.05) is 9.74 Å². The van der Waals surface area contributed by atoms with Gasteiger partial charge in [-0.1, -0.05) is 47.6 Å². The van der Waals surface area contributed by atoms with E-state index in [-0.39, 0.29) is 12.3 Å². The van der Waals surface area contributed by atoms with Crippen LogP contribution in [0.2, 0.25) is 0 Å². The molecule has 22 heavy (non-hydrogen) atoms. The van der Waals surface area contributed by atoms with Crippen molar-refractivity contribution in [1.29, 1.82) is 0 Å². The number of hydrogen-bond acceptors (Lipinski definition) is 3. The van der Waals surface area contributed by atoms with Crippen LogP contribution in [0.3, 0.4) is 0 Å². The predicted octanol–water partition coefficient (Wildman–Crippen LogP) is 2.97. The summed E-state index contributed by atoms with van der Waals surface area (Å²) in [6, 6.07) is 6.24. The van der Waals surface area contributed by atoms with Crippen LogP contribution in [0.5, 0.6) is 0 Å². The molecular formula is C16H23IN2O3. The van der Waals surface area contributed by atoms with E-state index in [2.05, 4.69) is 27.9 Å². The molecule has 4 N–H and O–H groups in total. The Labute approximate surface area is 144 Å². The standard InChI is InChI=1S/C16H23IN2O3/c17-9-4-2-1-3-8-15(20)19-13-7-5-6-12(10-13)11-14(18)16(21)22/h5-7,10,14H,1-4,8-9,11,18H2,(H,19,20)(H,21,22)/t14-/m0/s1. The Morgan fingerprint density at radius 2 is 1.95 bits per heavy atom. The Balaban J connectivity index is 2.42. The minimum Gasteiger partial charge on any atom is -0.480 e. The Hall–Kier alpha value is -1.15. The number of benzene rings is 1. The molecule has 0 unspecified atom stereocenters. The van der Waals surface area contributed by atoms with Gasteiger partial charge in [-0.25, -0.2) is 0 Å². The number of rotatable bonds is 10. The number of aliphatic carboxylic acids is 1. The molecule has 0 radical (unpaired) electrons. The predicted molar refractivity (Wildman–Crippen MR) is 96.4 cm³/mol. The molecular weight excluding hydrogens is 395 g/mol. The molecule has 1 rings (SSSR count). The summed E-state index contributed by atoms with van der Waals surface area (Å²) in [6.07, 6.45) is 5.10. The highest BCUT2D eigenvalue weighted by Gasteiger charge is 2.12. The maximum absolute atomic E-state index is 11.9. The largest absolute Gasteiger partial charge is 0.480 e. The van der Waals surface area contributed by atoms with Crippen LogP contribution in [0.4, 0.5) is 5.69 Å². The fourth-order valence-corrected chi connectivity index (χ4v) is 2.61. The van der Waals surface area contributed by atoms with Crippen molar-refractivity contribution >= 4 is 40.2 Å². The smallest absolute Gasteiger partial charge is 0.320 e. The van der Waals surface area contributed by atoms with Crippen LogP contribution in [0.25, 0.3) is 0 Å². The lowest BCUT2D eigenvalue weighted by Gasteiger charge is -2.09. The quantitative estimate of drug-likeness (QED) is 0.310. The topological polar surface area (TPSA) is 92.4 Å². The minimum absolute atomic E-state index is 0.00541. The fourth-order valence-electron chi connectivity index (χ4n) is 2.07. The minimum atomic E-state index is -1.03. The molecule has 1 amide bonds. The zero-order valence-electron chi connectivity index (χ0n) is 12.6. The lowest BCUT2D eigenvalue weighted by Crippen LogP contribution is -2.32. The second kappa shape index (κ2) is 10.6. The number of hydrogen-bond donors (Lipinski definition) is 3. The highest BCUT2D eigenvalue weighted by molar-refractivity contribution is 14.1. The number of halogens is 1. The number of amides is 1. The van der Waals surface area contributed by atoms with Gasteiger partial charge in [0.25, 0.3) is 0 Å². The summed E-state index contributed by atoms with van der Waals surface area (Å²) in [5.74, 6) is -1.03. The number of carbonyl (C=O) groups is 2. The van der Waals surface area contributed by atoms with Gasteiger partial charge in [-0.2, -0.15) is 0 Å². The summed E-state index contributed by atoms with van der Waals surface area (Å²) in [5.41, 5.74) is 7.01. The SMILES string of the molecule is N[C@@H](Cc1cccc(NC(=O)CCCCCCI)c1)C(=O)O. The molecule has 0 fully saturated rings. The van der Waals surface area contributed by atoms with Crippen molar-refractivity contribution in [2.24, 2.45) is 5.73 Å². The van der Waals surface area contributed by atoms with Gasteiger partial charge < -0.3 is 16.2 Å². The number of carbonyl (C=O) groups excluding carboxylic acids is 1. The second-order valence-corrected chi connectivity index (χ2v) is 6.33. The molecule has 0 aliphatic rings. The highest BCUT2D eigenvalue weighted by atomic mass is 127. The van der Waals surface area contributed by atoms with Crippen molar-refractivity contribution in [1.82, 2.24) is 0 Å². The molecule has 0 aliphatic carbocycles. The lowest BCUT2D eigenvalue weighted by molar-refractivity contribution is -0.138. The van der Waals surface area contributed by atoms with Crippen molar-refractivity contribution in [3.8, 4) is 0 Å². The van der Waals surface area contributed by atoms with Crippen LogP contribution in [0, 0.1) is 0 Å². The monoisotopic (exact) mass is 418 g/mol. The molecule has 5 nitrogen and oxygen atoms in total. The van der Waals surface area contributed by atoms with Crippen LogP contribution in [-0.2, 0) is 16.0 Å². The number of anilines is 1. The Kier molecular flexibility index (Phi) is 9.07. The van der Waals surface area contributed by atoms with Crippen molar-refractivity contribution in [3.63, 3.8) is 0 Å². The molecule has 0 heterocycles. The molecule has 1 atom stereocenters. The first kappa shape index (κ1) is 18.9. The summed E-state index contributed by atoms with van der Waals surface area (Å²) in [5, 5.41) is 11.7. The zero-order chi connectivity index (χ0) is 16.4. The van der Waals surface area contributed by atoms with Gasteiger partial charge in [-0.3, -0.25) is 9.59 Å². The summed E-state index contributed by atoms with van der Waals surface area (Å²) < 4.78 is 1.16. The molecule has 122 valence electrons. The summed E-state index contributed by atoms with van der Waals surface area (Å²) >= 11 is 2.36. The van der Waals surface area contributed by atoms with Gasteiger partial charge >= 0.3 is 5.97 Å². The third kappa shape index (κ3) is 7.74. The van der Waals surface area contributed by atoms with Crippen LogP contribution >= 0.6 is 22.6 Å². The fraction of sp³-hybridized carbons (Fsp3) is 0.500. The average Bonchev–Trinajstić information content (AvgIpc) is 2.47. The number of carboxylic acid groups (broad SMARTS) is 1. The van der Waals surface area contributed by atoms with E-state index in [9.17, 15) is 9.59 Å². The molecule has 0 spiro atoms. The molecule has 0 saturated heterocycles. The third-order valence-electron chi connectivity index (χ3n) is 3.27.